The van der Waals surface area contributed by atoms with E-state index < -0.39 is 0 Å². The number of nitrogens with one attached hydrogen (secondary N) is 1. The molecule has 1 heteroatoms. The molecule has 0 aromatic heterocycles. The number of hydrogen-bond donors (Lipinski definition) is 1. The van der Waals surface area contributed by atoms with Crippen LogP contribution in [0.2, 0.25) is 0 Å². The monoisotopic (exact) mass is 227 g/mol. The zero-order valence-corrected chi connectivity index (χ0v) is 10.4. The molecule has 1 aromatic carbocycles. The summed E-state index contributed by atoms with van der Waals surface area (Å²) in [4.78, 5) is 0. The van der Waals surface area contributed by atoms with Crippen LogP contribution in [0.25, 0.3) is 0 Å². The van der Waals surface area contributed by atoms with E-state index in [-0.39, 0.29) is 0 Å². The predicted molar refractivity (Wildman–Crippen MR) is 70.3 cm³/mol. The molecule has 0 radical (unpaired) electrons. The Bertz CT molecular complexity index is 400. The first kappa shape index (κ1) is 10.1. The summed E-state index contributed by atoms with van der Waals surface area (Å²) >= 11 is 0. The van der Waals surface area contributed by atoms with E-state index in [0.29, 0.717) is 0 Å². The summed E-state index contributed by atoms with van der Waals surface area (Å²) in [6, 6.07) is 10.4. The Labute approximate surface area is 104 Å². The van der Waals surface area contributed by atoms with Gasteiger partial charge in [0.1, 0.15) is 0 Å². The van der Waals surface area contributed by atoms with Gasteiger partial charge in [0.15, 0.2) is 0 Å². The molecular weight excluding hydrogens is 206 g/mol. The van der Waals surface area contributed by atoms with Crippen molar-refractivity contribution in [3.05, 3.63) is 35.4 Å². The normalized spacial score (nSPS) is 31.5. The summed E-state index contributed by atoms with van der Waals surface area (Å²) in [6.45, 7) is 1.25. The van der Waals surface area contributed by atoms with Crippen LogP contribution in [0, 0.1) is 5.92 Å². The molecule has 0 amide bonds. The Kier molecular flexibility index (Phi) is 2.29. The van der Waals surface area contributed by atoms with E-state index in [1.54, 1.807) is 11.1 Å². The molecule has 4 rings (SSSR count). The van der Waals surface area contributed by atoms with Crippen LogP contribution in [-0.4, -0.2) is 12.6 Å². The second-order valence-corrected chi connectivity index (χ2v) is 6.23. The molecule has 1 N–H and O–H groups in total. The van der Waals surface area contributed by atoms with Gasteiger partial charge < -0.3 is 5.32 Å². The van der Waals surface area contributed by atoms with Crippen molar-refractivity contribution in [1.82, 2.24) is 5.32 Å². The molecule has 2 atom stereocenters. The smallest absolute Gasteiger partial charge is 0.00683 e. The zero-order valence-electron chi connectivity index (χ0n) is 10.4. The zero-order chi connectivity index (χ0) is 11.2. The van der Waals surface area contributed by atoms with Crippen LogP contribution in [0.4, 0.5) is 0 Å². The Hall–Kier alpha value is -0.820. The van der Waals surface area contributed by atoms with Crippen LogP contribution >= 0.6 is 0 Å². The molecule has 1 aromatic rings. The van der Waals surface area contributed by atoms with Gasteiger partial charge in [-0.25, -0.2) is 0 Å². The largest absolute Gasteiger partial charge is 0.314 e. The Morgan fingerprint density at radius 3 is 2.29 bits per heavy atom. The molecule has 0 spiro atoms. The van der Waals surface area contributed by atoms with E-state index in [2.05, 4.69) is 29.6 Å². The SMILES string of the molecule is c1cc(C2CC2CNC2CC2)ccc1C1CC1. The first-order chi connectivity index (χ1) is 8.40. The predicted octanol–water partition coefficient (Wildman–Crippen LogP) is 3.42. The van der Waals surface area contributed by atoms with Gasteiger partial charge in [0.2, 0.25) is 0 Å². The van der Waals surface area contributed by atoms with Crippen molar-refractivity contribution in [3.8, 4) is 0 Å². The van der Waals surface area contributed by atoms with Gasteiger partial charge in [-0.1, -0.05) is 24.3 Å². The average molecular weight is 227 g/mol. The fourth-order valence-electron chi connectivity index (χ4n) is 2.92. The van der Waals surface area contributed by atoms with Gasteiger partial charge in [0.05, 0.1) is 0 Å². The van der Waals surface area contributed by atoms with E-state index >= 15 is 0 Å². The number of rotatable bonds is 5. The third kappa shape index (κ3) is 2.26. The molecule has 0 heterocycles. The Morgan fingerprint density at radius 2 is 1.65 bits per heavy atom. The fraction of sp³-hybridized carbons (Fsp3) is 0.625. The third-order valence-electron chi connectivity index (χ3n) is 4.58. The second-order valence-electron chi connectivity index (χ2n) is 6.23. The van der Waals surface area contributed by atoms with Gasteiger partial charge in [-0.15, -0.1) is 0 Å². The molecule has 3 fully saturated rings. The van der Waals surface area contributed by atoms with E-state index in [0.717, 1.165) is 23.8 Å². The first-order valence-electron chi connectivity index (χ1n) is 7.23. The highest BCUT2D eigenvalue weighted by atomic mass is 15.0. The molecule has 0 saturated heterocycles. The number of benzene rings is 1. The molecule has 0 aliphatic heterocycles. The Morgan fingerprint density at radius 1 is 0.941 bits per heavy atom. The maximum atomic E-state index is 3.66. The maximum Gasteiger partial charge on any atom is 0.00683 e. The van der Waals surface area contributed by atoms with Gasteiger partial charge in [0.25, 0.3) is 0 Å². The highest BCUT2D eigenvalue weighted by molar-refractivity contribution is 5.32. The molecule has 3 aliphatic rings. The quantitative estimate of drug-likeness (QED) is 0.812. The summed E-state index contributed by atoms with van der Waals surface area (Å²) in [5.41, 5.74) is 3.15. The van der Waals surface area contributed by atoms with Gasteiger partial charge in [-0.3, -0.25) is 0 Å². The topological polar surface area (TPSA) is 12.0 Å². The van der Waals surface area contributed by atoms with E-state index in [1.165, 1.54) is 38.6 Å². The fourth-order valence-corrected chi connectivity index (χ4v) is 2.92. The molecule has 0 bridgehead atoms. The average Bonchev–Trinajstić information content (AvgIpc) is 3.26. The minimum atomic E-state index is 0.856. The molecule has 1 nitrogen and oxygen atoms in total. The van der Waals surface area contributed by atoms with Gasteiger partial charge in [0, 0.05) is 6.04 Å². The van der Waals surface area contributed by atoms with Crippen molar-refractivity contribution in [1.29, 1.82) is 0 Å². The van der Waals surface area contributed by atoms with Crippen molar-refractivity contribution in [3.63, 3.8) is 0 Å². The van der Waals surface area contributed by atoms with Gasteiger partial charge in [-0.2, -0.15) is 0 Å². The van der Waals surface area contributed by atoms with Crippen LogP contribution < -0.4 is 5.32 Å². The van der Waals surface area contributed by atoms with E-state index in [1.807, 2.05) is 0 Å². The summed E-state index contributed by atoms with van der Waals surface area (Å²) in [5, 5.41) is 3.66. The lowest BCUT2D eigenvalue weighted by atomic mass is 10.0. The third-order valence-corrected chi connectivity index (χ3v) is 4.58. The van der Waals surface area contributed by atoms with Crippen LogP contribution in [0.1, 0.15) is 55.1 Å². The van der Waals surface area contributed by atoms with Crippen molar-refractivity contribution in [2.75, 3.05) is 6.54 Å². The summed E-state index contributed by atoms with van der Waals surface area (Å²) < 4.78 is 0. The summed E-state index contributed by atoms with van der Waals surface area (Å²) in [7, 11) is 0. The lowest BCUT2D eigenvalue weighted by Gasteiger charge is -2.04. The number of hydrogen-bond acceptors (Lipinski definition) is 1. The van der Waals surface area contributed by atoms with Crippen molar-refractivity contribution in [2.45, 2.75) is 50.0 Å². The van der Waals surface area contributed by atoms with Crippen LogP contribution in [0.3, 0.4) is 0 Å². The Balaban J connectivity index is 1.35. The summed E-state index contributed by atoms with van der Waals surface area (Å²) in [5.74, 6) is 2.67. The van der Waals surface area contributed by atoms with Crippen molar-refractivity contribution >= 4 is 0 Å². The lowest BCUT2D eigenvalue weighted by Crippen LogP contribution is -2.19. The van der Waals surface area contributed by atoms with Gasteiger partial charge >= 0.3 is 0 Å². The molecular formula is C16H21N. The highest BCUT2D eigenvalue weighted by Crippen LogP contribution is 2.48. The van der Waals surface area contributed by atoms with Crippen LogP contribution in [-0.2, 0) is 0 Å². The molecule has 3 aliphatic carbocycles. The first-order valence-corrected chi connectivity index (χ1v) is 7.23. The van der Waals surface area contributed by atoms with E-state index in [4.69, 9.17) is 0 Å². The van der Waals surface area contributed by atoms with Crippen LogP contribution in [0.5, 0.6) is 0 Å². The molecule has 2 unspecified atom stereocenters. The maximum absolute atomic E-state index is 3.66. The second kappa shape index (κ2) is 3.84. The molecule has 90 valence electrons. The van der Waals surface area contributed by atoms with E-state index in [9.17, 15) is 0 Å². The van der Waals surface area contributed by atoms with Crippen molar-refractivity contribution < 1.29 is 0 Å². The minimum absolute atomic E-state index is 0.856. The highest BCUT2D eigenvalue weighted by Gasteiger charge is 2.39. The van der Waals surface area contributed by atoms with Gasteiger partial charge in [-0.05, 0) is 67.5 Å². The lowest BCUT2D eigenvalue weighted by molar-refractivity contribution is 0.624. The minimum Gasteiger partial charge on any atom is -0.314 e. The van der Waals surface area contributed by atoms with Crippen LogP contribution in [0.15, 0.2) is 24.3 Å². The summed E-state index contributed by atoms with van der Waals surface area (Å²) in [6.07, 6.45) is 7.05. The standard InChI is InChI=1S/C16H21N/c1-2-11(1)12-3-5-13(6-4-12)16-9-14(16)10-17-15-7-8-15/h3-6,11,14-17H,1-2,7-10H2. The molecule has 17 heavy (non-hydrogen) atoms. The van der Waals surface area contributed by atoms with Crippen molar-refractivity contribution in [2.24, 2.45) is 5.92 Å². The molecule has 3 saturated carbocycles.